The van der Waals surface area contributed by atoms with Crippen molar-refractivity contribution in [3.8, 4) is 0 Å². The molecule has 0 aliphatic carbocycles. The number of rotatable bonds is 12. The van der Waals surface area contributed by atoms with Gasteiger partial charge in [0, 0.05) is 57.7 Å². The first-order valence-corrected chi connectivity index (χ1v) is 19.7. The van der Waals surface area contributed by atoms with E-state index in [9.17, 15) is 14.4 Å². The fraction of sp³-hybridized carbons (Fsp3) is 0.667. The smallest absolute Gasteiger partial charge is 0.351 e. The van der Waals surface area contributed by atoms with Crippen LogP contribution in [0, 0.1) is 0 Å². The Hall–Kier alpha value is -4.44. The number of hydrogen-bond donors (Lipinski definition) is 3. The van der Waals surface area contributed by atoms with Gasteiger partial charge in [-0.1, -0.05) is 0 Å². The summed E-state index contributed by atoms with van der Waals surface area (Å²) >= 11 is 0. The Morgan fingerprint density at radius 2 is 0.800 bits per heavy atom. The molecule has 3 aromatic heterocycles. The van der Waals surface area contributed by atoms with Crippen LogP contribution >= 0.6 is 0 Å². The SMILES string of the molecule is Nc1ccn(C2COC(COC3CCCO3)O2)c(=O)n1.Nc1ccn([C@@H]2CO[C@H](COC3CCCO3)O2)c(=O)n1.Nc1ccn([C@H]2CO[C@@H](COC3CCCO3)O2)c(=O)n1. The highest BCUT2D eigenvalue weighted by Gasteiger charge is 2.32. The summed E-state index contributed by atoms with van der Waals surface area (Å²) in [7, 11) is 0. The summed E-state index contributed by atoms with van der Waals surface area (Å²) < 4.78 is 69.8. The highest BCUT2D eigenvalue weighted by Crippen LogP contribution is 2.24. The summed E-state index contributed by atoms with van der Waals surface area (Å²) in [5.41, 5.74) is 14.9. The first-order valence-electron chi connectivity index (χ1n) is 19.7. The van der Waals surface area contributed by atoms with Crippen LogP contribution in [0.25, 0.3) is 0 Å². The molecule has 0 saturated carbocycles. The van der Waals surface area contributed by atoms with Crippen molar-refractivity contribution >= 4 is 17.5 Å². The van der Waals surface area contributed by atoms with E-state index in [1.165, 1.54) is 13.7 Å². The average Bonchev–Trinajstić information content (AvgIpc) is 4.09. The lowest BCUT2D eigenvalue weighted by atomic mass is 10.4. The van der Waals surface area contributed by atoms with Gasteiger partial charge >= 0.3 is 17.1 Å². The summed E-state index contributed by atoms with van der Waals surface area (Å²) in [6, 6.07) is 4.63. The molecule has 9 heterocycles. The highest BCUT2D eigenvalue weighted by molar-refractivity contribution is 5.24. The third kappa shape index (κ3) is 12.3. The first-order chi connectivity index (χ1) is 29.2. The van der Waals surface area contributed by atoms with Crippen LogP contribution in [-0.4, -0.2) is 126 Å². The number of nitrogens with zero attached hydrogens (tertiary/aromatic N) is 6. The molecular formula is C36H51N9O15. The topological polar surface area (TPSA) is 293 Å². The Kier molecular flexibility index (Phi) is 15.6. The van der Waals surface area contributed by atoms with E-state index in [2.05, 4.69) is 15.0 Å². The van der Waals surface area contributed by atoms with Crippen molar-refractivity contribution in [2.45, 2.75) is 94.9 Å². The number of nitrogen functional groups attached to an aromatic ring is 3. The zero-order valence-electron chi connectivity index (χ0n) is 32.8. The van der Waals surface area contributed by atoms with Crippen molar-refractivity contribution in [3.05, 3.63) is 68.2 Å². The molecule has 6 aliphatic rings. The maximum atomic E-state index is 11.7. The van der Waals surface area contributed by atoms with Crippen LogP contribution in [0.4, 0.5) is 17.5 Å². The summed E-state index contributed by atoms with van der Waals surface area (Å²) in [5.74, 6) is 0.551. The van der Waals surface area contributed by atoms with Gasteiger partial charge in [-0.05, 0) is 37.5 Å². The quantitative estimate of drug-likeness (QED) is 0.208. The maximum Gasteiger partial charge on any atom is 0.351 e. The van der Waals surface area contributed by atoms with Crippen molar-refractivity contribution in [1.82, 2.24) is 28.7 Å². The van der Waals surface area contributed by atoms with Gasteiger partial charge in [-0.2, -0.15) is 15.0 Å². The minimum absolute atomic E-state index is 0.179. The largest absolute Gasteiger partial charge is 0.383 e. The molecule has 24 heteroatoms. The highest BCUT2D eigenvalue weighted by atomic mass is 16.8. The number of nitrogens with two attached hydrogens (primary N) is 3. The van der Waals surface area contributed by atoms with Gasteiger partial charge in [-0.25, -0.2) is 14.4 Å². The zero-order chi connectivity index (χ0) is 41.8. The van der Waals surface area contributed by atoms with Crippen molar-refractivity contribution < 1.29 is 56.8 Å². The first kappa shape index (κ1) is 43.6. The summed E-state index contributed by atoms with van der Waals surface area (Å²) in [4.78, 5) is 46.0. The van der Waals surface area contributed by atoms with Crippen molar-refractivity contribution in [2.75, 3.05) is 76.7 Å². The molecule has 60 heavy (non-hydrogen) atoms. The molecule has 0 spiro atoms. The van der Waals surface area contributed by atoms with Crippen LogP contribution in [0.1, 0.15) is 57.2 Å². The number of aromatic nitrogens is 6. The van der Waals surface area contributed by atoms with Crippen LogP contribution < -0.4 is 34.3 Å². The minimum Gasteiger partial charge on any atom is -0.383 e. The van der Waals surface area contributed by atoms with Crippen molar-refractivity contribution in [1.29, 1.82) is 0 Å². The van der Waals surface area contributed by atoms with E-state index >= 15 is 0 Å². The van der Waals surface area contributed by atoms with E-state index in [-0.39, 0.29) is 76.0 Å². The van der Waals surface area contributed by atoms with E-state index in [1.807, 2.05) is 0 Å². The van der Waals surface area contributed by atoms with Gasteiger partial charge in [0.2, 0.25) is 0 Å². The molecular weight excluding hydrogens is 798 g/mol. The fourth-order valence-corrected chi connectivity index (χ4v) is 6.56. The number of hydrogen-bond acceptors (Lipinski definition) is 21. The average molecular weight is 850 g/mol. The van der Waals surface area contributed by atoms with Gasteiger partial charge in [0.25, 0.3) is 0 Å². The lowest BCUT2D eigenvalue weighted by molar-refractivity contribution is -0.176. The van der Waals surface area contributed by atoms with E-state index in [4.69, 9.17) is 74.0 Å². The summed E-state index contributed by atoms with van der Waals surface area (Å²) in [5, 5.41) is 0. The van der Waals surface area contributed by atoms with E-state index in [1.54, 1.807) is 36.8 Å². The van der Waals surface area contributed by atoms with Crippen LogP contribution in [0.15, 0.2) is 51.2 Å². The van der Waals surface area contributed by atoms with Gasteiger partial charge in [0.1, 0.15) is 37.3 Å². The van der Waals surface area contributed by atoms with Crippen LogP contribution in [-0.2, 0) is 56.8 Å². The van der Waals surface area contributed by atoms with Crippen LogP contribution in [0.5, 0.6) is 0 Å². The predicted molar refractivity (Wildman–Crippen MR) is 203 cm³/mol. The van der Waals surface area contributed by atoms with Gasteiger partial charge in [0.05, 0.1) is 19.8 Å². The Morgan fingerprint density at radius 3 is 1.05 bits per heavy atom. The summed E-state index contributed by atoms with van der Waals surface area (Å²) in [6.07, 6.45) is 6.74. The van der Waals surface area contributed by atoms with Crippen molar-refractivity contribution in [2.24, 2.45) is 0 Å². The van der Waals surface area contributed by atoms with E-state index in [0.29, 0.717) is 0 Å². The Balaban J connectivity index is 0.000000136. The second kappa shape index (κ2) is 21.4. The number of ether oxygens (including phenoxy) is 12. The molecule has 6 aliphatic heterocycles. The molecule has 6 saturated heterocycles. The molecule has 24 nitrogen and oxygen atoms in total. The van der Waals surface area contributed by atoms with Gasteiger partial charge in [-0.15, -0.1) is 0 Å². The van der Waals surface area contributed by atoms with E-state index < -0.39 is 54.6 Å². The molecule has 9 atom stereocenters. The fourth-order valence-electron chi connectivity index (χ4n) is 6.56. The maximum absolute atomic E-state index is 11.7. The molecule has 0 aromatic carbocycles. The second-order valence-electron chi connectivity index (χ2n) is 14.0. The molecule has 6 N–H and O–H groups in total. The lowest BCUT2D eigenvalue weighted by Crippen LogP contribution is -2.29. The zero-order valence-corrected chi connectivity index (χ0v) is 32.8. The Labute approximate surface area is 342 Å². The Bertz CT molecular complexity index is 1760. The minimum atomic E-state index is -0.506. The third-order valence-corrected chi connectivity index (χ3v) is 9.60. The molecule has 5 unspecified atom stereocenters. The summed E-state index contributed by atoms with van der Waals surface area (Å²) in [6.45, 7) is 3.82. The van der Waals surface area contributed by atoms with Crippen LogP contribution in [0.2, 0.25) is 0 Å². The molecule has 0 amide bonds. The second-order valence-corrected chi connectivity index (χ2v) is 14.0. The van der Waals surface area contributed by atoms with Gasteiger partial charge in [-0.3, -0.25) is 13.7 Å². The van der Waals surface area contributed by atoms with Crippen LogP contribution in [0.3, 0.4) is 0 Å². The predicted octanol–water partition coefficient (Wildman–Crippen LogP) is -0.450. The molecule has 0 bridgehead atoms. The molecule has 3 aromatic rings. The van der Waals surface area contributed by atoms with E-state index in [0.717, 1.165) is 58.3 Å². The number of anilines is 3. The van der Waals surface area contributed by atoms with Gasteiger partial charge in [0.15, 0.2) is 56.4 Å². The van der Waals surface area contributed by atoms with Gasteiger partial charge < -0.3 is 74.0 Å². The Morgan fingerprint density at radius 1 is 0.500 bits per heavy atom. The normalized spacial score (nSPS) is 29.9. The molecule has 330 valence electrons. The third-order valence-electron chi connectivity index (χ3n) is 9.60. The standard InChI is InChI=1S/3C12H17N3O5/c3*13-8-3-4-15(12(16)14-8)9-6-18-11(20-9)7-19-10-2-1-5-17-10/h3*3-4,9-11H,1-2,5-7H2,(H2,13,14,16)/t2*9-,10?,11-;/m10./s1. The molecule has 6 fully saturated rings. The monoisotopic (exact) mass is 849 g/mol. The van der Waals surface area contributed by atoms with Crippen molar-refractivity contribution in [3.63, 3.8) is 0 Å². The molecule has 0 radical (unpaired) electrons. The lowest BCUT2D eigenvalue weighted by Gasteiger charge is -2.15. The molecule has 9 rings (SSSR count).